The molecule has 0 aliphatic rings. The van der Waals surface area contributed by atoms with E-state index in [0.29, 0.717) is 11.2 Å². The number of hydrogen-bond acceptors (Lipinski definition) is 3. The van der Waals surface area contributed by atoms with Crippen LogP contribution in [0.2, 0.25) is 0 Å². The van der Waals surface area contributed by atoms with Crippen LogP contribution in [0.5, 0.6) is 0 Å². The second kappa shape index (κ2) is 7.57. The number of fused-ring (bicyclic) bond motifs is 3. The summed E-state index contributed by atoms with van der Waals surface area (Å²) < 4.78 is 28.0. The van der Waals surface area contributed by atoms with Gasteiger partial charge in [0.05, 0.1) is 31.1 Å². The van der Waals surface area contributed by atoms with Crippen molar-refractivity contribution in [2.75, 3.05) is 17.1 Å². The molecular weight excluding hydrogens is 383 g/mol. The smallest absolute Gasteiger partial charge is 0.232 e. The summed E-state index contributed by atoms with van der Waals surface area (Å²) in [6.07, 6.45) is 0.234. The van der Waals surface area contributed by atoms with Gasteiger partial charge >= 0.3 is 0 Å². The highest BCUT2D eigenvalue weighted by atomic mass is 32.2. The van der Waals surface area contributed by atoms with Gasteiger partial charge in [-0.1, -0.05) is 54.0 Å². The van der Waals surface area contributed by atoms with Crippen molar-refractivity contribution in [3.8, 4) is 0 Å². The zero-order chi connectivity index (χ0) is 20.6. The first kappa shape index (κ1) is 19.5. The third kappa shape index (κ3) is 3.88. The SMILES string of the molecule is [B]c1ccc(N(CC(O)Cn2c3ccccc3c3ccccc32)S(C)(=O)=O)cc1. The third-order valence-electron chi connectivity index (χ3n) is 5.03. The number of hydrogen-bond donors (Lipinski definition) is 1. The minimum Gasteiger partial charge on any atom is -0.389 e. The van der Waals surface area contributed by atoms with Crippen LogP contribution in [0, 0.1) is 0 Å². The van der Waals surface area contributed by atoms with Crippen molar-refractivity contribution in [3.05, 3.63) is 72.8 Å². The summed E-state index contributed by atoms with van der Waals surface area (Å²) in [7, 11) is 2.15. The number of rotatable bonds is 6. The van der Waals surface area contributed by atoms with Crippen molar-refractivity contribution in [2.24, 2.45) is 0 Å². The van der Waals surface area contributed by atoms with Crippen molar-refractivity contribution < 1.29 is 13.5 Å². The second-order valence-electron chi connectivity index (χ2n) is 7.18. The lowest BCUT2D eigenvalue weighted by Gasteiger charge is -2.26. The molecule has 7 heteroatoms. The first-order chi connectivity index (χ1) is 13.8. The summed E-state index contributed by atoms with van der Waals surface area (Å²) in [5.41, 5.74) is 3.04. The maximum absolute atomic E-state index is 12.4. The number of sulfonamides is 1. The molecule has 1 N–H and O–H groups in total. The molecule has 146 valence electrons. The van der Waals surface area contributed by atoms with E-state index in [-0.39, 0.29) is 13.1 Å². The molecule has 4 rings (SSSR count). The van der Waals surface area contributed by atoms with Crippen LogP contribution in [-0.4, -0.2) is 44.8 Å². The van der Waals surface area contributed by atoms with Gasteiger partial charge in [-0.15, -0.1) is 0 Å². The summed E-state index contributed by atoms with van der Waals surface area (Å²) in [6, 6.07) is 22.6. The van der Waals surface area contributed by atoms with Crippen LogP contribution in [0.1, 0.15) is 0 Å². The third-order valence-corrected chi connectivity index (χ3v) is 6.19. The fourth-order valence-corrected chi connectivity index (χ4v) is 4.68. The molecule has 0 aliphatic heterocycles. The topological polar surface area (TPSA) is 62.5 Å². The Bertz CT molecular complexity index is 1210. The normalized spacial score (nSPS) is 13.0. The molecule has 1 atom stereocenters. The minimum absolute atomic E-state index is 0.0520. The Morgan fingerprint density at radius 2 is 1.45 bits per heavy atom. The van der Waals surface area contributed by atoms with E-state index in [0.717, 1.165) is 28.1 Å². The number of aliphatic hydroxyl groups excluding tert-OH is 1. The van der Waals surface area contributed by atoms with Crippen molar-refractivity contribution in [1.82, 2.24) is 4.57 Å². The number of aromatic nitrogens is 1. The second-order valence-corrected chi connectivity index (χ2v) is 9.09. The Kier molecular flexibility index (Phi) is 5.11. The summed E-state index contributed by atoms with van der Waals surface area (Å²) in [5, 5.41) is 13.0. The molecule has 0 aliphatic carbocycles. The Balaban J connectivity index is 1.68. The maximum Gasteiger partial charge on any atom is 0.232 e. The van der Waals surface area contributed by atoms with Gasteiger partial charge in [-0.2, -0.15) is 0 Å². The quantitative estimate of drug-likeness (QED) is 0.502. The van der Waals surface area contributed by atoms with Gasteiger partial charge in [0.25, 0.3) is 0 Å². The summed E-state index contributed by atoms with van der Waals surface area (Å²) >= 11 is 0. The van der Waals surface area contributed by atoms with Crippen molar-refractivity contribution >= 4 is 50.8 Å². The molecule has 0 spiro atoms. The predicted molar refractivity (Wildman–Crippen MR) is 119 cm³/mol. The lowest BCUT2D eigenvalue weighted by atomic mass is 9.96. The zero-order valence-electron chi connectivity index (χ0n) is 16.1. The highest BCUT2D eigenvalue weighted by molar-refractivity contribution is 7.92. The molecule has 0 fully saturated rings. The Hall–Kier alpha value is -2.77. The Morgan fingerprint density at radius 1 is 0.931 bits per heavy atom. The number of benzene rings is 3. The highest BCUT2D eigenvalue weighted by Crippen LogP contribution is 2.29. The first-order valence-electron chi connectivity index (χ1n) is 9.32. The molecule has 0 amide bonds. The molecule has 3 aromatic carbocycles. The van der Waals surface area contributed by atoms with Crippen LogP contribution in [0.3, 0.4) is 0 Å². The fourth-order valence-electron chi connectivity index (χ4n) is 3.73. The van der Waals surface area contributed by atoms with E-state index in [1.54, 1.807) is 24.3 Å². The summed E-state index contributed by atoms with van der Waals surface area (Å²) in [6.45, 7) is 0.221. The van der Waals surface area contributed by atoms with E-state index < -0.39 is 16.1 Å². The molecule has 0 bridgehead atoms. The van der Waals surface area contributed by atoms with Crippen LogP contribution >= 0.6 is 0 Å². The molecule has 0 saturated carbocycles. The van der Waals surface area contributed by atoms with Gasteiger partial charge in [0, 0.05) is 21.8 Å². The van der Waals surface area contributed by atoms with E-state index in [4.69, 9.17) is 7.85 Å². The Labute approximate surface area is 171 Å². The van der Waals surface area contributed by atoms with E-state index in [1.807, 2.05) is 41.0 Å². The van der Waals surface area contributed by atoms with Crippen molar-refractivity contribution in [3.63, 3.8) is 0 Å². The molecule has 29 heavy (non-hydrogen) atoms. The molecule has 0 saturated heterocycles. The average Bonchev–Trinajstić information content (AvgIpc) is 3.00. The monoisotopic (exact) mass is 404 g/mol. The van der Waals surface area contributed by atoms with Crippen LogP contribution in [0.4, 0.5) is 5.69 Å². The number of aliphatic hydroxyl groups is 1. The number of anilines is 1. The predicted octanol–water partition coefficient (Wildman–Crippen LogP) is 2.42. The van der Waals surface area contributed by atoms with E-state index in [1.165, 1.54) is 4.31 Å². The van der Waals surface area contributed by atoms with E-state index >= 15 is 0 Å². The van der Waals surface area contributed by atoms with Gasteiger partial charge < -0.3 is 9.67 Å². The average molecular weight is 404 g/mol. The highest BCUT2D eigenvalue weighted by Gasteiger charge is 2.22. The molecule has 5 nitrogen and oxygen atoms in total. The van der Waals surface area contributed by atoms with Crippen LogP contribution in [0.15, 0.2) is 72.8 Å². The fraction of sp³-hybridized carbons (Fsp3) is 0.182. The van der Waals surface area contributed by atoms with Gasteiger partial charge in [-0.05, 0) is 24.3 Å². The summed E-state index contributed by atoms with van der Waals surface area (Å²) in [4.78, 5) is 0. The van der Waals surface area contributed by atoms with Crippen molar-refractivity contribution in [1.29, 1.82) is 0 Å². The van der Waals surface area contributed by atoms with Gasteiger partial charge in [0.2, 0.25) is 10.0 Å². The largest absolute Gasteiger partial charge is 0.389 e. The van der Waals surface area contributed by atoms with Gasteiger partial charge in [0.1, 0.15) is 7.85 Å². The maximum atomic E-state index is 12.4. The summed E-state index contributed by atoms with van der Waals surface area (Å²) in [5.74, 6) is 0. The Morgan fingerprint density at radius 3 is 1.97 bits per heavy atom. The first-order valence-corrected chi connectivity index (χ1v) is 11.2. The van der Waals surface area contributed by atoms with Crippen LogP contribution < -0.4 is 9.77 Å². The zero-order valence-corrected chi connectivity index (χ0v) is 16.9. The molecule has 4 aromatic rings. The number of nitrogens with zero attached hydrogens (tertiary/aromatic N) is 2. The molecule has 1 unspecified atom stereocenters. The van der Waals surface area contributed by atoms with Gasteiger partial charge in [-0.3, -0.25) is 4.31 Å². The molecule has 1 heterocycles. The number of para-hydroxylation sites is 2. The van der Waals surface area contributed by atoms with Crippen LogP contribution in [-0.2, 0) is 16.6 Å². The standard InChI is InChI=1S/C22H21BN2O3S/c1-29(27,28)25(17-12-10-16(23)11-13-17)15-18(26)14-24-21-8-4-2-6-19(21)20-7-3-5-9-22(20)24/h2-13,18,26H,14-15H2,1H3. The van der Waals surface area contributed by atoms with E-state index in [2.05, 4.69) is 12.1 Å². The van der Waals surface area contributed by atoms with Crippen molar-refractivity contribution in [2.45, 2.75) is 12.6 Å². The lowest BCUT2D eigenvalue weighted by Crippen LogP contribution is -2.38. The molecular formula is C22H21BN2O3S. The van der Waals surface area contributed by atoms with Gasteiger partial charge in [0.15, 0.2) is 0 Å². The molecule has 2 radical (unpaired) electrons. The molecule has 1 aromatic heterocycles. The minimum atomic E-state index is -3.57. The van der Waals surface area contributed by atoms with E-state index in [9.17, 15) is 13.5 Å². The lowest BCUT2D eigenvalue weighted by molar-refractivity contribution is 0.166. The van der Waals surface area contributed by atoms with Gasteiger partial charge in [-0.25, -0.2) is 8.42 Å². The van der Waals surface area contributed by atoms with Crippen LogP contribution in [0.25, 0.3) is 21.8 Å².